The molecule has 0 N–H and O–H groups in total. The summed E-state index contributed by atoms with van der Waals surface area (Å²) in [5, 5.41) is 1.18. The quantitative estimate of drug-likeness (QED) is 0.195. The van der Waals surface area contributed by atoms with E-state index >= 15 is 0 Å². The summed E-state index contributed by atoms with van der Waals surface area (Å²) in [6, 6.07) is 46.5. The first-order valence-corrected chi connectivity index (χ1v) is 16.5. The number of pyridine rings is 1. The van der Waals surface area contributed by atoms with Crippen molar-refractivity contribution in [2.45, 2.75) is 32.1 Å². The maximum atomic E-state index is 4.85. The molecule has 0 aliphatic heterocycles. The second-order valence-electron chi connectivity index (χ2n) is 13.2. The summed E-state index contributed by atoms with van der Waals surface area (Å²) in [5.41, 5.74) is 15.9. The van der Waals surface area contributed by atoms with Crippen LogP contribution in [0.4, 0.5) is 17.1 Å². The highest BCUT2D eigenvalue weighted by molar-refractivity contribution is 6.09. The molecule has 0 fully saturated rings. The Balaban J connectivity index is 1.16. The van der Waals surface area contributed by atoms with E-state index in [1.807, 2.05) is 12.3 Å². The minimum atomic E-state index is -0.0605. The molecule has 0 amide bonds. The van der Waals surface area contributed by atoms with Gasteiger partial charge in [0.1, 0.15) is 0 Å². The maximum absolute atomic E-state index is 4.85. The normalized spacial score (nSPS) is 14.6. The lowest BCUT2D eigenvalue weighted by Gasteiger charge is -2.29. The average molecular weight is 606 g/mol. The first kappa shape index (κ1) is 27.6. The van der Waals surface area contributed by atoms with E-state index in [4.69, 9.17) is 4.98 Å². The molecule has 7 aromatic rings. The van der Waals surface area contributed by atoms with Gasteiger partial charge in [-0.05, 0) is 101 Å². The van der Waals surface area contributed by atoms with E-state index in [1.54, 1.807) is 0 Å². The van der Waals surface area contributed by atoms with E-state index < -0.39 is 0 Å². The first-order chi connectivity index (χ1) is 23.1. The molecule has 226 valence electrons. The van der Waals surface area contributed by atoms with Crippen molar-refractivity contribution < 1.29 is 0 Å². The van der Waals surface area contributed by atoms with Gasteiger partial charge in [-0.25, -0.2) is 0 Å². The zero-order valence-corrected chi connectivity index (χ0v) is 26.7. The van der Waals surface area contributed by atoms with Crippen LogP contribution in [0.5, 0.6) is 0 Å². The molecule has 0 unspecified atom stereocenters. The summed E-state index contributed by atoms with van der Waals surface area (Å²) in [4.78, 5) is 7.26. The average Bonchev–Trinajstić information content (AvgIpc) is 3.58. The number of allylic oxidation sites excluding steroid dienone is 4. The third-order valence-electron chi connectivity index (χ3n) is 10.1. The molecule has 9 rings (SSSR count). The predicted octanol–water partition coefficient (Wildman–Crippen LogP) is 11.8. The van der Waals surface area contributed by atoms with Gasteiger partial charge in [0.2, 0.25) is 0 Å². The van der Waals surface area contributed by atoms with Gasteiger partial charge in [0.15, 0.2) is 0 Å². The standard InChI is InChI=1S/C44H35N3/c1-44(2)37-18-10-9-17-35(37)42-38(44)19-11-20-40(42)46(32-13-5-3-6-14-32)34-25-22-30(23-26-34)31-24-27-39-36(29-31)43-41(21-12-28-45-43)47(39)33-15-7-4-8-16-33/h3-7,9-15,17-29H,8,16H2,1-2H3. The highest BCUT2D eigenvalue weighted by Crippen LogP contribution is 2.54. The van der Waals surface area contributed by atoms with Gasteiger partial charge in [0.05, 0.1) is 22.2 Å². The van der Waals surface area contributed by atoms with Crippen LogP contribution >= 0.6 is 0 Å². The second-order valence-corrected chi connectivity index (χ2v) is 13.2. The van der Waals surface area contributed by atoms with Crippen molar-refractivity contribution in [1.82, 2.24) is 9.55 Å². The van der Waals surface area contributed by atoms with Gasteiger partial charge in [-0.2, -0.15) is 0 Å². The fourth-order valence-electron chi connectivity index (χ4n) is 7.83. The lowest BCUT2D eigenvalue weighted by Crippen LogP contribution is -2.16. The predicted molar refractivity (Wildman–Crippen MR) is 198 cm³/mol. The SMILES string of the molecule is CC1(C)c2ccccc2-c2c(N(c3ccccc3)c3ccc(-c4ccc5c(c4)c4ncccc4n5C4=CC=CCC4)cc3)cccc21. The molecule has 2 heterocycles. The Morgan fingerprint density at radius 3 is 2.28 bits per heavy atom. The first-order valence-electron chi connectivity index (χ1n) is 16.5. The van der Waals surface area contributed by atoms with E-state index in [2.05, 4.69) is 163 Å². The molecule has 47 heavy (non-hydrogen) atoms. The number of anilines is 3. The van der Waals surface area contributed by atoms with Crippen molar-refractivity contribution in [2.75, 3.05) is 4.90 Å². The topological polar surface area (TPSA) is 21.1 Å². The van der Waals surface area contributed by atoms with Crippen LogP contribution in [0.2, 0.25) is 0 Å². The van der Waals surface area contributed by atoms with Crippen LogP contribution in [0, 0.1) is 0 Å². The molecule has 0 radical (unpaired) electrons. The molecule has 0 saturated heterocycles. The van der Waals surface area contributed by atoms with Crippen LogP contribution < -0.4 is 4.90 Å². The Morgan fingerprint density at radius 1 is 0.681 bits per heavy atom. The van der Waals surface area contributed by atoms with Gasteiger partial charge in [-0.3, -0.25) is 4.98 Å². The van der Waals surface area contributed by atoms with Crippen molar-refractivity contribution in [1.29, 1.82) is 0 Å². The van der Waals surface area contributed by atoms with E-state index in [1.165, 1.54) is 55.7 Å². The Bertz CT molecular complexity index is 2370. The number of hydrogen-bond acceptors (Lipinski definition) is 2. The van der Waals surface area contributed by atoms with Gasteiger partial charge < -0.3 is 9.47 Å². The monoisotopic (exact) mass is 605 g/mol. The molecule has 3 nitrogen and oxygen atoms in total. The third kappa shape index (κ3) is 4.30. The summed E-state index contributed by atoms with van der Waals surface area (Å²) in [6.45, 7) is 4.69. The van der Waals surface area contributed by atoms with E-state index in [-0.39, 0.29) is 5.41 Å². The van der Waals surface area contributed by atoms with Gasteiger partial charge >= 0.3 is 0 Å². The zero-order valence-electron chi connectivity index (χ0n) is 26.7. The van der Waals surface area contributed by atoms with Crippen LogP contribution in [-0.4, -0.2) is 9.55 Å². The number of benzene rings is 5. The molecule has 2 aromatic heterocycles. The van der Waals surface area contributed by atoms with E-state index in [0.717, 1.165) is 35.2 Å². The Kier molecular flexibility index (Phi) is 6.29. The molecule has 5 aromatic carbocycles. The lowest BCUT2D eigenvalue weighted by molar-refractivity contribution is 0.660. The number of nitrogens with zero attached hydrogens (tertiary/aromatic N) is 3. The summed E-state index contributed by atoms with van der Waals surface area (Å²) < 4.78 is 2.39. The second kappa shape index (κ2) is 10.7. The number of rotatable bonds is 5. The van der Waals surface area contributed by atoms with Crippen LogP contribution in [-0.2, 0) is 5.41 Å². The number of aromatic nitrogens is 2. The molecule has 2 aliphatic rings. The molecule has 0 bridgehead atoms. The highest BCUT2D eigenvalue weighted by atomic mass is 15.1. The smallest absolute Gasteiger partial charge is 0.0963 e. The van der Waals surface area contributed by atoms with Gasteiger partial charge in [0.25, 0.3) is 0 Å². The largest absolute Gasteiger partial charge is 0.311 e. The van der Waals surface area contributed by atoms with Gasteiger partial charge in [-0.15, -0.1) is 0 Å². The summed E-state index contributed by atoms with van der Waals surface area (Å²) in [5.74, 6) is 0. The van der Waals surface area contributed by atoms with Crippen molar-refractivity contribution in [2.24, 2.45) is 0 Å². The van der Waals surface area contributed by atoms with Crippen LogP contribution in [0.3, 0.4) is 0 Å². The van der Waals surface area contributed by atoms with Crippen LogP contribution in [0.25, 0.3) is 49.9 Å². The van der Waals surface area contributed by atoms with Crippen molar-refractivity contribution in [3.63, 3.8) is 0 Å². The Hall–Kier alpha value is -5.67. The molecule has 0 saturated carbocycles. The number of hydrogen-bond donors (Lipinski definition) is 0. The van der Waals surface area contributed by atoms with Gasteiger partial charge in [0, 0.05) is 39.6 Å². The Labute approximate surface area is 275 Å². The minimum Gasteiger partial charge on any atom is -0.311 e. The van der Waals surface area contributed by atoms with Crippen LogP contribution in [0.15, 0.2) is 152 Å². The summed E-state index contributed by atoms with van der Waals surface area (Å²) >= 11 is 0. The lowest BCUT2D eigenvalue weighted by atomic mass is 9.82. The van der Waals surface area contributed by atoms with E-state index in [0.29, 0.717) is 0 Å². The molecular formula is C44H35N3. The van der Waals surface area contributed by atoms with Crippen LogP contribution in [0.1, 0.15) is 37.8 Å². The minimum absolute atomic E-state index is 0.0605. The molecular weight excluding hydrogens is 571 g/mol. The fourth-order valence-corrected chi connectivity index (χ4v) is 7.83. The Morgan fingerprint density at radius 2 is 1.45 bits per heavy atom. The summed E-state index contributed by atoms with van der Waals surface area (Å²) in [6.07, 6.45) is 10.6. The van der Waals surface area contributed by atoms with Crippen molar-refractivity contribution in [3.05, 3.63) is 163 Å². The third-order valence-corrected chi connectivity index (χ3v) is 10.1. The van der Waals surface area contributed by atoms with E-state index in [9.17, 15) is 0 Å². The maximum Gasteiger partial charge on any atom is 0.0963 e. The summed E-state index contributed by atoms with van der Waals surface area (Å²) in [7, 11) is 0. The van der Waals surface area contributed by atoms with Gasteiger partial charge in [-0.1, -0.05) is 98.8 Å². The fraction of sp³-hybridized carbons (Fsp3) is 0.114. The number of para-hydroxylation sites is 1. The zero-order chi connectivity index (χ0) is 31.5. The van der Waals surface area contributed by atoms with Crippen molar-refractivity contribution in [3.8, 4) is 22.3 Å². The molecule has 2 aliphatic carbocycles. The number of fused-ring (bicyclic) bond motifs is 6. The van der Waals surface area contributed by atoms with Crippen molar-refractivity contribution >= 4 is 44.7 Å². The molecule has 3 heteroatoms. The highest BCUT2D eigenvalue weighted by Gasteiger charge is 2.37. The molecule has 0 atom stereocenters. The molecule has 0 spiro atoms.